The Kier molecular flexibility index (Phi) is 3.74. The van der Waals surface area contributed by atoms with E-state index in [2.05, 4.69) is 41.3 Å². The lowest BCUT2D eigenvalue weighted by molar-refractivity contribution is -0.00228. The zero-order valence-electron chi connectivity index (χ0n) is 15.7. The van der Waals surface area contributed by atoms with E-state index in [0.717, 1.165) is 30.8 Å². The van der Waals surface area contributed by atoms with Crippen molar-refractivity contribution in [3.8, 4) is 0 Å². The predicted molar refractivity (Wildman–Crippen MR) is 103 cm³/mol. The van der Waals surface area contributed by atoms with Crippen LogP contribution in [0.4, 0.5) is 11.5 Å². The zero-order valence-corrected chi connectivity index (χ0v) is 15.7. The molecule has 0 amide bonds. The van der Waals surface area contributed by atoms with Crippen LogP contribution in [0.5, 0.6) is 0 Å². The van der Waals surface area contributed by atoms with Crippen LogP contribution >= 0.6 is 0 Å². The minimum atomic E-state index is 0.388. The van der Waals surface area contributed by atoms with Crippen molar-refractivity contribution in [2.45, 2.75) is 56.5 Å². The van der Waals surface area contributed by atoms with Gasteiger partial charge in [-0.2, -0.15) is 0 Å². The summed E-state index contributed by atoms with van der Waals surface area (Å²) in [6, 6.07) is 5.16. The average Bonchev–Trinajstić information content (AvgIpc) is 3.09. The first kappa shape index (κ1) is 15.9. The molecule has 1 aliphatic heterocycles. The Bertz CT molecular complexity index is 607. The van der Waals surface area contributed by atoms with Crippen molar-refractivity contribution in [2.24, 2.45) is 17.8 Å². The lowest BCUT2D eigenvalue weighted by Crippen LogP contribution is -2.59. The number of pyridine rings is 1. The molecule has 1 saturated heterocycles. The molecule has 5 aliphatic rings. The topological polar surface area (TPSA) is 31.4 Å². The highest BCUT2D eigenvalue weighted by atomic mass is 15.2. The Hall–Kier alpha value is -1.29. The van der Waals surface area contributed by atoms with Crippen LogP contribution in [0.2, 0.25) is 0 Å². The minimum absolute atomic E-state index is 0.388. The quantitative estimate of drug-likeness (QED) is 0.911. The molecule has 1 atom stereocenters. The maximum atomic E-state index is 4.79. The summed E-state index contributed by atoms with van der Waals surface area (Å²) in [5, 5.41) is 3.42. The van der Waals surface area contributed by atoms with Gasteiger partial charge in [-0.3, -0.25) is 0 Å². The summed E-state index contributed by atoms with van der Waals surface area (Å²) in [6.07, 6.45) is 11.9. The van der Waals surface area contributed by atoms with Gasteiger partial charge < -0.3 is 15.1 Å². The molecule has 4 nitrogen and oxygen atoms in total. The van der Waals surface area contributed by atoms with Crippen molar-refractivity contribution >= 4 is 11.5 Å². The highest BCUT2D eigenvalue weighted by Crippen LogP contribution is 2.58. The number of anilines is 2. The molecular formula is C21H32N4. The molecule has 0 radical (unpaired) electrons. The van der Waals surface area contributed by atoms with Gasteiger partial charge in [-0.1, -0.05) is 0 Å². The fraction of sp³-hybridized carbons (Fsp3) is 0.762. The normalized spacial score (nSPS) is 39.2. The van der Waals surface area contributed by atoms with Gasteiger partial charge in [0.2, 0.25) is 0 Å². The second-order valence-electron chi connectivity index (χ2n) is 9.29. The van der Waals surface area contributed by atoms with Crippen molar-refractivity contribution in [3.05, 3.63) is 18.3 Å². The van der Waals surface area contributed by atoms with Gasteiger partial charge in [-0.25, -0.2) is 4.98 Å². The largest absolute Gasteiger partial charge is 0.370 e. The average molecular weight is 341 g/mol. The van der Waals surface area contributed by atoms with E-state index in [1.165, 1.54) is 56.5 Å². The second-order valence-corrected chi connectivity index (χ2v) is 9.29. The van der Waals surface area contributed by atoms with Crippen LogP contribution in [0.1, 0.15) is 44.9 Å². The first-order valence-electron chi connectivity index (χ1n) is 10.3. The smallest absolute Gasteiger partial charge is 0.130 e. The SMILES string of the molecule is CN[C@@H]1CCN(c2ccnc(N(C)C34CC5CC(CC(C5)C3)C4)c2)C1. The van der Waals surface area contributed by atoms with Gasteiger partial charge in [0.05, 0.1) is 0 Å². The Morgan fingerprint density at radius 2 is 1.84 bits per heavy atom. The van der Waals surface area contributed by atoms with E-state index in [9.17, 15) is 0 Å². The predicted octanol–water partition coefficient (Wildman–Crippen LogP) is 3.28. The monoisotopic (exact) mass is 340 g/mol. The summed E-state index contributed by atoms with van der Waals surface area (Å²) >= 11 is 0. The van der Waals surface area contributed by atoms with Gasteiger partial charge in [-0.05, 0) is 75.8 Å². The van der Waals surface area contributed by atoms with E-state index in [4.69, 9.17) is 4.98 Å². The van der Waals surface area contributed by atoms with Gasteiger partial charge in [0.15, 0.2) is 0 Å². The number of hydrogen-bond acceptors (Lipinski definition) is 4. The van der Waals surface area contributed by atoms with Crippen molar-refractivity contribution in [1.82, 2.24) is 10.3 Å². The third-order valence-electron chi connectivity index (χ3n) is 7.75. The lowest BCUT2D eigenvalue weighted by atomic mass is 9.52. The summed E-state index contributed by atoms with van der Waals surface area (Å²) in [7, 11) is 4.40. The molecule has 4 aliphatic carbocycles. The summed E-state index contributed by atoms with van der Waals surface area (Å²) in [5.41, 5.74) is 1.73. The summed E-state index contributed by atoms with van der Waals surface area (Å²) in [5.74, 6) is 4.12. The molecule has 0 aromatic carbocycles. The number of aromatic nitrogens is 1. The van der Waals surface area contributed by atoms with E-state index in [1.807, 2.05) is 6.20 Å². The summed E-state index contributed by atoms with van der Waals surface area (Å²) in [4.78, 5) is 9.88. The standard InChI is InChI=1S/C21H32N4/c1-22-18-4-6-25(14-18)19-3-5-23-20(10-19)24(2)21-11-15-7-16(12-21)9-17(8-15)13-21/h3,5,10,15-18,22H,4,6-9,11-14H2,1-2H3/t15?,16?,17?,18-,21?/m1/s1. The van der Waals surface area contributed by atoms with Crippen LogP contribution < -0.4 is 15.1 Å². The van der Waals surface area contributed by atoms with E-state index >= 15 is 0 Å². The van der Waals surface area contributed by atoms with Crippen molar-refractivity contribution in [2.75, 3.05) is 37.0 Å². The molecule has 0 spiro atoms. The molecule has 4 saturated carbocycles. The maximum Gasteiger partial charge on any atom is 0.130 e. The molecule has 4 heteroatoms. The number of rotatable bonds is 4. The van der Waals surface area contributed by atoms with Crippen LogP contribution in [0.15, 0.2) is 18.3 Å². The molecular weight excluding hydrogens is 308 g/mol. The fourth-order valence-corrected chi connectivity index (χ4v) is 6.74. The van der Waals surface area contributed by atoms with Crippen molar-refractivity contribution in [1.29, 1.82) is 0 Å². The second kappa shape index (κ2) is 5.87. The Morgan fingerprint density at radius 3 is 2.44 bits per heavy atom. The van der Waals surface area contributed by atoms with Gasteiger partial charge in [0.25, 0.3) is 0 Å². The molecule has 6 rings (SSSR count). The van der Waals surface area contributed by atoms with Gasteiger partial charge in [0.1, 0.15) is 5.82 Å². The van der Waals surface area contributed by atoms with Crippen molar-refractivity contribution < 1.29 is 0 Å². The molecule has 1 aromatic rings. The Labute approximate surface area is 152 Å². The number of hydrogen-bond donors (Lipinski definition) is 1. The molecule has 1 aromatic heterocycles. The lowest BCUT2D eigenvalue weighted by Gasteiger charge is -2.60. The van der Waals surface area contributed by atoms with E-state index in [0.29, 0.717) is 11.6 Å². The van der Waals surface area contributed by atoms with E-state index < -0.39 is 0 Å². The Balaban J connectivity index is 1.39. The van der Waals surface area contributed by atoms with E-state index in [-0.39, 0.29) is 0 Å². The van der Waals surface area contributed by atoms with Crippen LogP contribution in [-0.4, -0.2) is 43.7 Å². The first-order chi connectivity index (χ1) is 12.1. The number of nitrogens with zero attached hydrogens (tertiary/aromatic N) is 3. The third kappa shape index (κ3) is 2.64. The van der Waals surface area contributed by atoms with Crippen LogP contribution in [0.3, 0.4) is 0 Å². The highest BCUT2D eigenvalue weighted by molar-refractivity contribution is 5.56. The van der Waals surface area contributed by atoms with Crippen LogP contribution in [0, 0.1) is 17.8 Å². The highest BCUT2D eigenvalue weighted by Gasteiger charge is 2.53. The molecule has 0 unspecified atom stereocenters. The van der Waals surface area contributed by atoms with Crippen LogP contribution in [-0.2, 0) is 0 Å². The zero-order chi connectivity index (χ0) is 17.0. The number of likely N-dealkylation sites (N-methyl/N-ethyl adjacent to an activating group) is 1. The third-order valence-corrected chi connectivity index (χ3v) is 7.75. The summed E-state index contributed by atoms with van der Waals surface area (Å²) < 4.78 is 0. The minimum Gasteiger partial charge on any atom is -0.370 e. The first-order valence-corrected chi connectivity index (χ1v) is 10.3. The molecule has 2 heterocycles. The fourth-order valence-electron chi connectivity index (χ4n) is 6.74. The van der Waals surface area contributed by atoms with Crippen molar-refractivity contribution in [3.63, 3.8) is 0 Å². The molecule has 5 fully saturated rings. The molecule has 1 N–H and O–H groups in total. The van der Waals surface area contributed by atoms with Crippen LogP contribution in [0.25, 0.3) is 0 Å². The van der Waals surface area contributed by atoms with E-state index in [1.54, 1.807) is 0 Å². The molecule has 4 bridgehead atoms. The van der Waals surface area contributed by atoms with Gasteiger partial charge in [-0.15, -0.1) is 0 Å². The summed E-state index contributed by atoms with van der Waals surface area (Å²) in [6.45, 7) is 2.26. The Morgan fingerprint density at radius 1 is 1.16 bits per heavy atom. The maximum absolute atomic E-state index is 4.79. The number of nitrogens with one attached hydrogen (secondary N) is 1. The van der Waals surface area contributed by atoms with Gasteiger partial charge >= 0.3 is 0 Å². The molecule has 25 heavy (non-hydrogen) atoms. The van der Waals surface area contributed by atoms with Gasteiger partial charge in [0, 0.05) is 49.7 Å². The molecule has 136 valence electrons.